The fourth-order valence-corrected chi connectivity index (χ4v) is 2.52. The van der Waals surface area contributed by atoms with Crippen molar-refractivity contribution in [2.24, 2.45) is 0 Å². The lowest BCUT2D eigenvalue weighted by molar-refractivity contribution is -0.103. The molecule has 0 amide bonds. The van der Waals surface area contributed by atoms with E-state index in [2.05, 4.69) is 92.9 Å². The second kappa shape index (κ2) is 17.5. The molecule has 0 saturated heterocycles. The molecule has 0 fully saturated rings. The Morgan fingerprint density at radius 3 is 1.81 bits per heavy atom. The Balaban J connectivity index is 0.000000352. The molecule has 0 radical (unpaired) electrons. The number of benzene rings is 2. The average molecular weight is 596 g/mol. The van der Waals surface area contributed by atoms with Gasteiger partial charge in [-0.2, -0.15) is 0 Å². The van der Waals surface area contributed by atoms with Gasteiger partial charge in [-0.25, -0.2) is 0 Å². The summed E-state index contributed by atoms with van der Waals surface area (Å²) >= 11 is 3.37. The molecule has 0 bridgehead atoms. The van der Waals surface area contributed by atoms with Gasteiger partial charge in [0.25, 0.3) is 0 Å². The molecule has 1 N–H and O–H groups in total. The van der Waals surface area contributed by atoms with Gasteiger partial charge in [0.05, 0.1) is 5.56 Å². The van der Waals surface area contributed by atoms with Gasteiger partial charge in [-0.15, -0.1) is 17.0 Å². The monoisotopic (exact) mass is 594 g/mol. The number of fused-ring (bicyclic) bond motifs is 1. The highest BCUT2D eigenvalue weighted by atomic mass is 79.9. The standard InChI is InChI=1S/C15H9BrO2.C15H2O2.BrH/c16-11-7-5-10(6-8-11)9-14-15(17)12-3-1-2-4-13(12)18-14;16-14-12-10-8-6-4-2-1-3-5-7-9-11-13-15-17;/h1-9H;14,17H;1H/b14-9-;;. The summed E-state index contributed by atoms with van der Waals surface area (Å²) in [7, 11) is 0. The molecule has 4 nitrogen and oxygen atoms in total. The highest BCUT2D eigenvalue weighted by Gasteiger charge is 2.26. The number of carbonyl (C=O) groups excluding carboxylic acids is 2. The number of halogens is 2. The number of hydrogen-bond acceptors (Lipinski definition) is 4. The highest BCUT2D eigenvalue weighted by Crippen LogP contribution is 2.31. The predicted octanol–water partition coefficient (Wildman–Crippen LogP) is 4.18. The molecule has 0 spiro atoms. The van der Waals surface area contributed by atoms with E-state index in [4.69, 9.17) is 9.84 Å². The van der Waals surface area contributed by atoms with Crippen LogP contribution in [0.2, 0.25) is 0 Å². The Morgan fingerprint density at radius 2 is 1.28 bits per heavy atom. The molecule has 1 aliphatic rings. The highest BCUT2D eigenvalue weighted by molar-refractivity contribution is 9.10. The maximum Gasteiger partial charge on any atom is 0.231 e. The minimum Gasteiger partial charge on any atom is -0.461 e. The van der Waals surface area contributed by atoms with Gasteiger partial charge in [-0.05, 0) is 77.3 Å². The van der Waals surface area contributed by atoms with Gasteiger partial charge in [0.1, 0.15) is 11.9 Å². The molecule has 170 valence electrons. The van der Waals surface area contributed by atoms with E-state index in [1.54, 1.807) is 24.3 Å². The van der Waals surface area contributed by atoms with E-state index >= 15 is 0 Å². The molecule has 0 unspecified atom stereocenters. The number of hydrogen-bond donors (Lipinski definition) is 1. The third kappa shape index (κ3) is 10.7. The van der Waals surface area contributed by atoms with E-state index in [1.807, 2.05) is 36.4 Å². The molecule has 1 heterocycles. The van der Waals surface area contributed by atoms with E-state index in [0.29, 0.717) is 23.4 Å². The zero-order chi connectivity index (χ0) is 25.1. The van der Waals surface area contributed by atoms with Crippen molar-refractivity contribution >= 4 is 51.1 Å². The van der Waals surface area contributed by atoms with Crippen LogP contribution in [0.15, 0.2) is 58.8 Å². The molecular weight excluding hydrogens is 584 g/mol. The number of aldehydes is 1. The summed E-state index contributed by atoms with van der Waals surface area (Å²) in [5.41, 5.74) is 1.57. The number of carbonyl (C=O) groups is 2. The van der Waals surface area contributed by atoms with E-state index in [0.717, 1.165) is 10.0 Å². The maximum absolute atomic E-state index is 12.1. The van der Waals surface area contributed by atoms with Gasteiger partial charge in [0.15, 0.2) is 12.0 Å². The topological polar surface area (TPSA) is 63.6 Å². The molecule has 0 saturated carbocycles. The third-order valence-electron chi connectivity index (χ3n) is 3.62. The zero-order valence-electron chi connectivity index (χ0n) is 18.2. The summed E-state index contributed by atoms with van der Waals surface area (Å²) in [6.45, 7) is 0. The number of rotatable bonds is 1. The molecular formula is C30H12Br2O4. The molecule has 6 heteroatoms. The van der Waals surface area contributed by atoms with Crippen LogP contribution in [0.3, 0.4) is 0 Å². The summed E-state index contributed by atoms with van der Waals surface area (Å²) < 4.78 is 6.56. The summed E-state index contributed by atoms with van der Waals surface area (Å²) in [6.07, 6.45) is 3.81. The minimum absolute atomic E-state index is 0. The Bertz CT molecular complexity index is 1600. The first-order valence-corrected chi connectivity index (χ1v) is 10.3. The number of Topliss-reactive ketones (excluding diaryl/α,β-unsaturated/α-hetero) is 1. The van der Waals surface area contributed by atoms with Gasteiger partial charge in [-0.1, -0.05) is 40.2 Å². The van der Waals surface area contributed by atoms with E-state index in [9.17, 15) is 9.59 Å². The van der Waals surface area contributed by atoms with Crippen LogP contribution in [0.1, 0.15) is 15.9 Å². The van der Waals surface area contributed by atoms with Crippen molar-refractivity contribution in [3.05, 3.63) is 69.9 Å². The van der Waals surface area contributed by atoms with Crippen LogP contribution in [-0.2, 0) is 4.79 Å². The first-order valence-electron chi connectivity index (χ1n) is 9.53. The van der Waals surface area contributed by atoms with Gasteiger partial charge in [0, 0.05) is 40.0 Å². The van der Waals surface area contributed by atoms with Crippen LogP contribution >= 0.6 is 32.9 Å². The molecule has 2 aromatic carbocycles. The molecule has 1 aliphatic heterocycles. The summed E-state index contributed by atoms with van der Waals surface area (Å²) in [5.74, 6) is 31.1. The summed E-state index contributed by atoms with van der Waals surface area (Å²) in [6, 6.07) is 15.0. The Labute approximate surface area is 228 Å². The Kier molecular flexibility index (Phi) is 14.1. The SMILES string of the molecule is Br.O=C1/C(=C/c2ccc(Br)cc2)Oc2ccccc21.O=CC#CC#CC#CC#CC#CC#CC#CO. The fraction of sp³-hybridized carbons (Fsp3) is 0. The maximum atomic E-state index is 12.1. The normalized spacial score (nSPS) is 9.69. The summed E-state index contributed by atoms with van der Waals surface area (Å²) in [4.78, 5) is 21.8. The van der Waals surface area contributed by atoms with Crippen molar-refractivity contribution in [1.82, 2.24) is 0 Å². The van der Waals surface area contributed by atoms with Crippen LogP contribution in [0.5, 0.6) is 5.75 Å². The number of para-hydroxylation sites is 1. The average Bonchev–Trinajstić information content (AvgIpc) is 3.19. The number of ether oxygens (including phenoxy) is 1. The van der Waals surface area contributed by atoms with E-state index in [1.165, 1.54) is 0 Å². The first kappa shape index (κ1) is 29.0. The van der Waals surface area contributed by atoms with Crippen molar-refractivity contribution in [3.8, 4) is 88.8 Å². The number of aliphatic hydroxyl groups excluding tert-OH is 1. The molecule has 0 aliphatic carbocycles. The van der Waals surface area contributed by atoms with Gasteiger partial charge >= 0.3 is 0 Å². The van der Waals surface area contributed by atoms with Crippen molar-refractivity contribution in [1.29, 1.82) is 0 Å². The second-order valence-corrected chi connectivity index (χ2v) is 6.78. The van der Waals surface area contributed by atoms with Gasteiger partial charge in [0.2, 0.25) is 5.78 Å². The minimum atomic E-state index is -0.0616. The summed E-state index contributed by atoms with van der Waals surface area (Å²) in [5, 5.41) is 8.04. The largest absolute Gasteiger partial charge is 0.461 e. The van der Waals surface area contributed by atoms with Crippen LogP contribution in [-0.4, -0.2) is 17.2 Å². The number of aliphatic hydroxyl groups is 1. The third-order valence-corrected chi connectivity index (χ3v) is 4.15. The Hall–Kier alpha value is -5.00. The first-order chi connectivity index (χ1) is 17.2. The smallest absolute Gasteiger partial charge is 0.231 e. The van der Waals surface area contributed by atoms with Crippen LogP contribution < -0.4 is 4.74 Å². The lowest BCUT2D eigenvalue weighted by Crippen LogP contribution is -1.97. The van der Waals surface area contributed by atoms with Crippen LogP contribution in [0.4, 0.5) is 0 Å². The zero-order valence-corrected chi connectivity index (χ0v) is 21.5. The van der Waals surface area contributed by atoms with Crippen molar-refractivity contribution in [2.75, 3.05) is 0 Å². The quantitative estimate of drug-likeness (QED) is 0.305. The van der Waals surface area contributed by atoms with Crippen molar-refractivity contribution in [2.45, 2.75) is 0 Å². The van der Waals surface area contributed by atoms with Crippen LogP contribution in [0.25, 0.3) is 6.08 Å². The lowest BCUT2D eigenvalue weighted by atomic mass is 10.1. The molecule has 3 rings (SSSR count). The van der Waals surface area contributed by atoms with Crippen LogP contribution in [0, 0.1) is 83.1 Å². The molecule has 0 atom stereocenters. The number of allylic oxidation sites excluding steroid dienone is 1. The fourth-order valence-electron chi connectivity index (χ4n) is 2.25. The van der Waals surface area contributed by atoms with Gasteiger partial charge < -0.3 is 9.84 Å². The van der Waals surface area contributed by atoms with Crippen molar-refractivity contribution < 1.29 is 19.4 Å². The number of ketones is 1. The molecule has 0 aromatic heterocycles. The Morgan fingerprint density at radius 1 is 0.750 bits per heavy atom. The molecule has 2 aromatic rings. The van der Waals surface area contributed by atoms with Gasteiger partial charge in [-0.3, -0.25) is 9.59 Å². The second-order valence-electron chi connectivity index (χ2n) is 5.86. The predicted molar refractivity (Wildman–Crippen MR) is 146 cm³/mol. The molecule has 36 heavy (non-hydrogen) atoms. The van der Waals surface area contributed by atoms with E-state index in [-0.39, 0.29) is 22.8 Å². The lowest BCUT2D eigenvalue weighted by Gasteiger charge is -1.98. The van der Waals surface area contributed by atoms with E-state index < -0.39 is 0 Å². The van der Waals surface area contributed by atoms with Crippen molar-refractivity contribution in [3.63, 3.8) is 0 Å².